The van der Waals surface area contributed by atoms with Crippen LogP contribution in [0.15, 0.2) is 303 Å². The molecule has 0 bridgehead atoms. The molecule has 5 heteroatoms. The zero-order valence-electron chi connectivity index (χ0n) is 70.7. The maximum absolute atomic E-state index is 2.80. The van der Waals surface area contributed by atoms with Crippen molar-refractivity contribution in [2.75, 3.05) is 9.80 Å². The van der Waals surface area contributed by atoms with Gasteiger partial charge in [0.15, 0.2) is 0 Å². The van der Waals surface area contributed by atoms with Crippen molar-refractivity contribution in [3.63, 3.8) is 0 Å². The minimum atomic E-state index is -0.371. The van der Waals surface area contributed by atoms with Crippen molar-refractivity contribution in [3.05, 3.63) is 331 Å². The Hall–Kier alpha value is -13.0. The maximum atomic E-state index is 2.80. The fourth-order valence-corrected chi connectivity index (χ4v) is 21.1. The van der Waals surface area contributed by atoms with Gasteiger partial charge in [-0.1, -0.05) is 322 Å². The Morgan fingerprint density at radius 1 is 0.218 bits per heavy atom. The largest absolute Gasteiger partial charge is 0.310 e. The molecule has 0 saturated heterocycles. The monoisotopic (exact) mass is 1530 g/mol. The highest BCUT2D eigenvalue weighted by atomic mass is 15.2. The van der Waals surface area contributed by atoms with Gasteiger partial charge in [-0.15, -0.1) is 0 Å². The van der Waals surface area contributed by atoms with Gasteiger partial charge in [-0.25, -0.2) is 0 Å². The van der Waals surface area contributed by atoms with E-state index in [2.05, 4.69) is 426 Å². The van der Waals surface area contributed by atoms with Crippen LogP contribution in [0.1, 0.15) is 132 Å². The highest BCUT2D eigenvalue weighted by Crippen LogP contribution is 2.58. The minimum absolute atomic E-state index is 0.137. The van der Waals surface area contributed by atoms with Crippen LogP contribution in [0.4, 0.5) is 34.1 Å². The first-order valence-electron chi connectivity index (χ1n) is 42.8. The molecule has 0 spiro atoms. The van der Waals surface area contributed by atoms with E-state index >= 15 is 0 Å². The summed E-state index contributed by atoms with van der Waals surface area (Å²) in [6, 6.07) is 119. The van der Waals surface area contributed by atoms with Crippen LogP contribution in [-0.2, 0) is 27.1 Å². The van der Waals surface area contributed by atoms with Crippen molar-refractivity contribution in [3.8, 4) is 55.9 Å². The average molecular weight is 1530 g/mol. The molecule has 0 radical (unpaired) electrons. The molecule has 23 rings (SSSR count). The maximum Gasteiger partial charge on any atom is 0.252 e. The number of benzene rings is 19. The molecular formula is C114H95BN4. The summed E-state index contributed by atoms with van der Waals surface area (Å²) >= 11 is 0. The van der Waals surface area contributed by atoms with E-state index in [1.807, 2.05) is 0 Å². The molecule has 0 amide bonds. The average Bonchev–Trinajstić information content (AvgIpc) is 1.65. The molecule has 2 aliphatic rings. The fourth-order valence-electron chi connectivity index (χ4n) is 21.1. The minimum Gasteiger partial charge on any atom is -0.310 e. The lowest BCUT2D eigenvalue weighted by molar-refractivity contribution is 0.589. The van der Waals surface area contributed by atoms with E-state index in [1.54, 1.807) is 0 Å². The SMILES string of the molecule is CC(C)(C)c1cccc(-c2cc(C(C)(C)C)cc(-c3ccccc3)c2N2c3cc(-n4c5ccc6cccc7c8cccc9ccc4c(c98)c5c67)ccc3B3c4ccc(-n5c6ccc7cccc8c9cccc%10ccc5c(c%109)c6c78)cc4N(c4c(-c5ccccc5)cc(C(C)(C)C)cc4-c4cccc(C(C)(C)C)c4)c4cc(C(C)(C)C)cc2c43)c1. The molecule has 0 fully saturated rings. The third kappa shape index (κ3) is 10.4. The lowest BCUT2D eigenvalue weighted by atomic mass is 9.33. The van der Waals surface area contributed by atoms with Gasteiger partial charge in [0.2, 0.25) is 0 Å². The van der Waals surface area contributed by atoms with Crippen LogP contribution >= 0.6 is 0 Å². The Labute approximate surface area is 697 Å². The number of rotatable bonds is 8. The van der Waals surface area contributed by atoms with Crippen molar-refractivity contribution in [2.45, 2.75) is 131 Å². The van der Waals surface area contributed by atoms with E-state index in [0.717, 1.165) is 56.6 Å². The number of anilines is 6. The van der Waals surface area contributed by atoms with E-state index in [9.17, 15) is 0 Å². The summed E-state index contributed by atoms with van der Waals surface area (Å²) in [6.45, 7) is 35.5. The van der Waals surface area contributed by atoms with Gasteiger partial charge in [-0.2, -0.15) is 0 Å². The molecule has 0 saturated carbocycles. The standard InChI is InChI=1S/C114H95BN4/c1-110(2,3)74-38-22-36-72(56-74)87-60-76(112(7,8)9)58-85(66-28-18-16-19-29-66)108(87)118-95-64-79(116-91-52-44-68-32-24-40-81-82-41-25-33-69-45-53-92(116)104(100(69)82)103(91)99(68)81)48-50-89(95)115-90-51-49-80(117-93-54-46-70-34-26-42-83-84-43-27-35-71-47-55-94(117)106(102(71)84)105(93)101(70)83)65-96(90)119(98-63-78(114(13,14)15)62-97(118)107(98)115)109-86(67-30-20-17-21-31-67)59-77(113(10,11)12)61-88(109)73-37-23-39-75(57-73)111(4,5)6/h16-65H,1-15H3. The first-order chi connectivity index (χ1) is 57.2. The van der Waals surface area contributed by atoms with Crippen molar-refractivity contribution in [1.82, 2.24) is 9.13 Å². The first kappa shape index (κ1) is 71.4. The first-order valence-corrected chi connectivity index (χ1v) is 42.8. The summed E-state index contributed by atoms with van der Waals surface area (Å²) in [5.41, 5.74) is 32.4. The van der Waals surface area contributed by atoms with Crippen molar-refractivity contribution >= 4 is 165 Å². The summed E-state index contributed by atoms with van der Waals surface area (Å²) in [5.74, 6) is 0. The quantitative estimate of drug-likeness (QED) is 0.0856. The second-order valence-corrected chi connectivity index (χ2v) is 39.6. The molecule has 19 aromatic carbocycles. The lowest BCUT2D eigenvalue weighted by Crippen LogP contribution is -2.61. The smallest absolute Gasteiger partial charge is 0.252 e. The van der Waals surface area contributed by atoms with Crippen LogP contribution in [0, 0.1) is 0 Å². The van der Waals surface area contributed by atoms with E-state index < -0.39 is 0 Å². The van der Waals surface area contributed by atoms with E-state index in [-0.39, 0.29) is 33.8 Å². The van der Waals surface area contributed by atoms with Crippen molar-refractivity contribution in [2.24, 2.45) is 0 Å². The van der Waals surface area contributed by atoms with Gasteiger partial charge in [-0.05, 0) is 243 Å². The van der Waals surface area contributed by atoms with Gasteiger partial charge in [0.1, 0.15) is 0 Å². The van der Waals surface area contributed by atoms with E-state index in [4.69, 9.17) is 0 Å². The molecule has 4 nitrogen and oxygen atoms in total. The third-order valence-corrected chi connectivity index (χ3v) is 27.2. The second-order valence-electron chi connectivity index (χ2n) is 39.6. The molecule has 0 atom stereocenters. The number of nitrogens with zero attached hydrogens (tertiary/aromatic N) is 4. The predicted octanol–water partition coefficient (Wildman–Crippen LogP) is 29.8. The Bertz CT molecular complexity index is 7150. The molecule has 4 heterocycles. The molecule has 0 N–H and O–H groups in total. The van der Waals surface area contributed by atoms with Gasteiger partial charge in [0.25, 0.3) is 6.71 Å². The molecule has 0 unspecified atom stereocenters. The Morgan fingerprint density at radius 2 is 0.513 bits per heavy atom. The normalized spacial score (nSPS) is 13.6. The van der Waals surface area contributed by atoms with Gasteiger partial charge < -0.3 is 18.9 Å². The van der Waals surface area contributed by atoms with Crippen molar-refractivity contribution < 1.29 is 0 Å². The summed E-state index contributed by atoms with van der Waals surface area (Å²) < 4.78 is 5.24. The Kier molecular flexibility index (Phi) is 14.9. The summed E-state index contributed by atoms with van der Waals surface area (Å²) in [5, 5.41) is 20.8. The van der Waals surface area contributed by atoms with Crippen LogP contribution in [0.25, 0.3) is 164 Å². The topological polar surface area (TPSA) is 16.3 Å². The lowest BCUT2D eigenvalue weighted by Gasteiger charge is -2.47. The summed E-state index contributed by atoms with van der Waals surface area (Å²) in [6.07, 6.45) is 0. The zero-order chi connectivity index (χ0) is 81.1. The predicted molar refractivity (Wildman–Crippen MR) is 514 cm³/mol. The zero-order valence-corrected chi connectivity index (χ0v) is 70.7. The molecule has 2 aromatic heterocycles. The van der Waals surface area contributed by atoms with E-state index in [0.29, 0.717) is 0 Å². The van der Waals surface area contributed by atoms with Crippen LogP contribution in [0.3, 0.4) is 0 Å². The molecule has 574 valence electrons. The van der Waals surface area contributed by atoms with Gasteiger partial charge in [0, 0.05) is 77.9 Å². The number of fused-ring (bicyclic) bond motifs is 6. The van der Waals surface area contributed by atoms with E-state index in [1.165, 1.54) is 186 Å². The second kappa shape index (κ2) is 24.8. The van der Waals surface area contributed by atoms with Gasteiger partial charge >= 0.3 is 0 Å². The molecule has 2 aliphatic heterocycles. The Balaban J connectivity index is 0.907. The number of hydrogen-bond acceptors (Lipinski definition) is 2. The highest BCUT2D eigenvalue weighted by Gasteiger charge is 2.47. The van der Waals surface area contributed by atoms with Crippen molar-refractivity contribution in [1.29, 1.82) is 0 Å². The Morgan fingerprint density at radius 3 is 0.832 bits per heavy atom. The van der Waals surface area contributed by atoms with Crippen LogP contribution in [-0.4, -0.2) is 15.8 Å². The molecule has 119 heavy (non-hydrogen) atoms. The molecule has 0 aliphatic carbocycles. The molecular weight excluding hydrogens is 1440 g/mol. The highest BCUT2D eigenvalue weighted by molar-refractivity contribution is 7.00. The van der Waals surface area contributed by atoms with Gasteiger partial charge in [0.05, 0.1) is 33.4 Å². The summed E-state index contributed by atoms with van der Waals surface area (Å²) in [7, 11) is 0. The van der Waals surface area contributed by atoms with Crippen LogP contribution in [0.5, 0.6) is 0 Å². The summed E-state index contributed by atoms with van der Waals surface area (Å²) in [4.78, 5) is 5.60. The van der Waals surface area contributed by atoms with Crippen LogP contribution < -0.4 is 26.2 Å². The number of hydrogen-bond donors (Lipinski definition) is 0. The fraction of sp³-hybridized carbons (Fsp3) is 0.175. The number of aromatic nitrogens is 2. The molecule has 21 aromatic rings. The third-order valence-electron chi connectivity index (χ3n) is 27.2. The van der Waals surface area contributed by atoms with Gasteiger partial charge in [-0.3, -0.25) is 0 Å². The van der Waals surface area contributed by atoms with Crippen LogP contribution in [0.2, 0.25) is 0 Å².